The van der Waals surface area contributed by atoms with E-state index in [0.717, 1.165) is 12.1 Å². The summed E-state index contributed by atoms with van der Waals surface area (Å²) in [5.41, 5.74) is -3.31. The number of aliphatic hydroxyl groups is 1. The molecule has 0 bridgehead atoms. The highest BCUT2D eigenvalue weighted by molar-refractivity contribution is 9.10. The molecule has 6 atom stereocenters. The van der Waals surface area contributed by atoms with E-state index in [9.17, 15) is 32.7 Å². The third-order valence-corrected chi connectivity index (χ3v) is 14.8. The lowest BCUT2D eigenvalue weighted by Gasteiger charge is -2.52. The molecule has 0 aromatic heterocycles. The van der Waals surface area contributed by atoms with Crippen molar-refractivity contribution in [2.45, 2.75) is 67.0 Å². The molecule has 1 saturated carbocycles. The monoisotopic (exact) mass is 1280 g/mol. The maximum Gasteiger partial charge on any atom is 0.416 e. The lowest BCUT2D eigenvalue weighted by Crippen LogP contribution is -2.70. The minimum atomic E-state index is -4.89. The molecule has 6 aromatic carbocycles. The van der Waals surface area contributed by atoms with Crippen molar-refractivity contribution in [3.8, 4) is 28.7 Å². The van der Waals surface area contributed by atoms with Crippen LogP contribution in [0.15, 0.2) is 142 Å². The molecule has 79 heavy (non-hydrogen) atoms. The van der Waals surface area contributed by atoms with Crippen molar-refractivity contribution in [2.24, 2.45) is 0 Å². The van der Waals surface area contributed by atoms with Crippen LogP contribution in [0.25, 0.3) is 0 Å². The Kier molecular flexibility index (Phi) is 18.4. The molecule has 3 aliphatic rings. The molecular formula is C56H46Br2Cl3F3O15. The number of carbonyl (C=O) groups excluding carboxylic acids is 3. The van der Waals surface area contributed by atoms with E-state index < -0.39 is 97.5 Å². The standard InChI is InChI=1S/C56H46Br2Cl3F3O15/c1-69-54(21-23-70-24-22-54)78-49-48(68)50(79-55(31-3-2-4-32(25-31)56(62,63)64)41-26-33(57)5-19-43(41)74-44-20-6-34(58)27-42(44)55)52(76-46(66)29-72-39-15-9-36(60)10-16-39)53(77-47(67)30-73-40-17-11-37(61)12-18-40)51(49)75-45(65)28-71-38-13-7-35(59)8-14-38/h2-20,25-27,48-53,68H,21-24,28-30H2,1H3/t48-,49+,50+,51+,52-,53-/m1/s1. The summed E-state index contributed by atoms with van der Waals surface area (Å²) >= 11 is 25.4. The molecular weight excluding hydrogens is 1240 g/mol. The first-order valence-electron chi connectivity index (χ1n) is 24.2. The summed E-state index contributed by atoms with van der Waals surface area (Å²) in [6.07, 6.45) is -17.0. The molecule has 15 nitrogen and oxygen atoms in total. The van der Waals surface area contributed by atoms with Crippen molar-refractivity contribution in [1.82, 2.24) is 0 Å². The van der Waals surface area contributed by atoms with Gasteiger partial charge < -0.3 is 57.2 Å². The van der Waals surface area contributed by atoms with Crippen LogP contribution >= 0.6 is 66.7 Å². The van der Waals surface area contributed by atoms with Crippen LogP contribution in [0.2, 0.25) is 15.1 Å². The van der Waals surface area contributed by atoms with E-state index in [4.69, 9.17) is 86.9 Å². The SMILES string of the molecule is COC1(O[C@H]2[C@@H](O)[C@H](OC3(c4cccc(C(F)(F)F)c4)c4cc(Br)ccc4Oc4ccc(Br)cc43)[C@@H](OC(=O)COc3ccc(Cl)cc3)[C@H](OC(=O)COc3ccc(Cl)cc3)[C@H]2OC(=O)COc2ccc(Cl)cc2)CCOCC1. The van der Waals surface area contributed by atoms with Crippen LogP contribution < -0.4 is 18.9 Å². The van der Waals surface area contributed by atoms with E-state index in [-0.39, 0.29) is 71.5 Å². The minimum Gasteiger partial charge on any atom is -0.482 e. The number of carbonyl (C=O) groups is 3. The largest absolute Gasteiger partial charge is 0.482 e. The second-order valence-electron chi connectivity index (χ2n) is 18.1. The minimum absolute atomic E-state index is 0.0484. The molecule has 23 heteroatoms. The van der Waals surface area contributed by atoms with Crippen LogP contribution in [0, 0.1) is 0 Å². The molecule has 1 N–H and O–H groups in total. The van der Waals surface area contributed by atoms with Gasteiger partial charge in [-0.3, -0.25) is 0 Å². The van der Waals surface area contributed by atoms with Crippen LogP contribution in [0.3, 0.4) is 0 Å². The number of methoxy groups -OCH3 is 1. The molecule has 0 spiro atoms. The lowest BCUT2D eigenvalue weighted by atomic mass is 9.76. The van der Waals surface area contributed by atoms with E-state index in [1.165, 1.54) is 92.0 Å². The highest BCUT2D eigenvalue weighted by Crippen LogP contribution is 2.56. The van der Waals surface area contributed by atoms with Gasteiger partial charge in [0, 0.05) is 55.1 Å². The van der Waals surface area contributed by atoms with Gasteiger partial charge in [-0.1, -0.05) is 78.8 Å². The summed E-state index contributed by atoms with van der Waals surface area (Å²) in [7, 11) is 1.35. The predicted molar refractivity (Wildman–Crippen MR) is 286 cm³/mol. The summed E-state index contributed by atoms with van der Waals surface area (Å²) in [6.45, 7) is -2.22. The van der Waals surface area contributed by atoms with Gasteiger partial charge in [0.2, 0.25) is 0 Å². The molecule has 9 rings (SSSR count). The summed E-state index contributed by atoms with van der Waals surface area (Å²) in [5.74, 6) is -4.22. The van der Waals surface area contributed by atoms with Crippen molar-refractivity contribution < 1.29 is 84.8 Å². The normalized spacial score (nSPS) is 21.0. The number of aliphatic hydroxyl groups excluding tert-OH is 1. The zero-order valence-corrected chi connectivity index (χ0v) is 46.7. The fourth-order valence-corrected chi connectivity index (χ4v) is 10.4. The maximum absolute atomic E-state index is 15.0. The smallest absolute Gasteiger partial charge is 0.416 e. The number of esters is 3. The van der Waals surface area contributed by atoms with Gasteiger partial charge in [-0.2, -0.15) is 13.2 Å². The molecule has 1 saturated heterocycles. The third kappa shape index (κ3) is 13.6. The van der Waals surface area contributed by atoms with Gasteiger partial charge in [0.15, 0.2) is 49.5 Å². The second kappa shape index (κ2) is 25.0. The van der Waals surface area contributed by atoms with E-state index in [1.807, 2.05) is 0 Å². The zero-order chi connectivity index (χ0) is 56.1. The number of benzene rings is 6. The van der Waals surface area contributed by atoms with Crippen LogP contribution in [0.4, 0.5) is 13.2 Å². The van der Waals surface area contributed by atoms with Crippen LogP contribution in [0.5, 0.6) is 28.7 Å². The summed E-state index contributed by atoms with van der Waals surface area (Å²) in [6, 6.07) is 31.9. The topological polar surface area (TPSA) is 173 Å². The van der Waals surface area contributed by atoms with Gasteiger partial charge in [0.1, 0.15) is 47.1 Å². The van der Waals surface area contributed by atoms with Crippen LogP contribution in [-0.2, 0) is 59.3 Å². The van der Waals surface area contributed by atoms with E-state index in [1.54, 1.807) is 36.4 Å². The molecule has 0 radical (unpaired) electrons. The molecule has 6 aromatic rings. The fraction of sp³-hybridized carbons (Fsp3) is 0.304. The number of fused-ring (bicyclic) bond motifs is 2. The van der Waals surface area contributed by atoms with E-state index in [2.05, 4.69) is 31.9 Å². The van der Waals surface area contributed by atoms with Gasteiger partial charge in [0.05, 0.1) is 18.8 Å². The number of ether oxygens (including phenoxy) is 11. The Morgan fingerprint density at radius 1 is 0.595 bits per heavy atom. The quantitative estimate of drug-likeness (QED) is 0.0489. The number of rotatable bonds is 18. The third-order valence-electron chi connectivity index (χ3n) is 13.0. The van der Waals surface area contributed by atoms with Crippen molar-refractivity contribution >= 4 is 84.6 Å². The summed E-state index contributed by atoms with van der Waals surface area (Å²) < 4.78 is 114. The Labute approximate surface area is 482 Å². The van der Waals surface area contributed by atoms with Crippen molar-refractivity contribution in [3.05, 3.63) is 180 Å². The first kappa shape index (κ1) is 58.0. The predicted octanol–water partition coefficient (Wildman–Crippen LogP) is 11.9. The van der Waals surface area contributed by atoms with E-state index in [0.29, 0.717) is 24.0 Å². The molecule has 0 unspecified atom stereocenters. The van der Waals surface area contributed by atoms with Gasteiger partial charge in [0.25, 0.3) is 0 Å². The van der Waals surface area contributed by atoms with Crippen molar-refractivity contribution in [2.75, 3.05) is 40.1 Å². The van der Waals surface area contributed by atoms with Crippen LogP contribution in [0.1, 0.15) is 35.1 Å². The Morgan fingerprint density at radius 3 is 1.43 bits per heavy atom. The van der Waals surface area contributed by atoms with Gasteiger partial charge in [-0.05, 0) is 127 Å². The number of hydrogen-bond donors (Lipinski definition) is 1. The van der Waals surface area contributed by atoms with Crippen LogP contribution in [-0.4, -0.2) is 106 Å². The van der Waals surface area contributed by atoms with Gasteiger partial charge in [-0.15, -0.1) is 0 Å². The number of halogens is 8. The fourth-order valence-electron chi connectivity index (χ4n) is 9.31. The molecule has 2 aliphatic heterocycles. The summed E-state index contributed by atoms with van der Waals surface area (Å²) in [5, 5.41) is 14.5. The first-order chi connectivity index (χ1) is 37.8. The molecule has 416 valence electrons. The van der Waals surface area contributed by atoms with E-state index >= 15 is 0 Å². The number of alkyl halides is 3. The average molecular weight is 1280 g/mol. The Balaban J connectivity index is 1.24. The van der Waals surface area contributed by atoms with Gasteiger partial charge in [-0.25, -0.2) is 14.4 Å². The lowest BCUT2D eigenvalue weighted by molar-refractivity contribution is -0.336. The number of hydrogen-bond acceptors (Lipinski definition) is 15. The first-order valence-corrected chi connectivity index (χ1v) is 26.9. The molecule has 0 amide bonds. The second-order valence-corrected chi connectivity index (χ2v) is 21.3. The Hall–Kier alpha value is -5.65. The Morgan fingerprint density at radius 2 is 1.01 bits per heavy atom. The molecule has 2 fully saturated rings. The summed E-state index contributed by atoms with van der Waals surface area (Å²) in [4.78, 5) is 43.3. The highest BCUT2D eigenvalue weighted by Gasteiger charge is 2.62. The van der Waals surface area contributed by atoms with Crippen molar-refractivity contribution in [3.63, 3.8) is 0 Å². The maximum atomic E-state index is 15.0. The van der Waals surface area contributed by atoms with Crippen molar-refractivity contribution in [1.29, 1.82) is 0 Å². The average Bonchev–Trinajstić information content (AvgIpc) is 3.64. The zero-order valence-electron chi connectivity index (χ0n) is 41.3. The highest BCUT2D eigenvalue weighted by atomic mass is 79.9. The Bertz CT molecular complexity index is 3080. The van der Waals surface area contributed by atoms with Gasteiger partial charge >= 0.3 is 24.1 Å². The molecule has 2 heterocycles. The molecule has 1 aliphatic carbocycles.